The topological polar surface area (TPSA) is 41.6 Å². The first-order valence-corrected chi connectivity index (χ1v) is 5.22. The number of benzene rings is 1. The summed E-state index contributed by atoms with van der Waals surface area (Å²) in [4.78, 5) is 4.13. The van der Waals surface area contributed by atoms with Crippen LogP contribution < -0.4 is 0 Å². The number of hydrogen-bond donors (Lipinski definition) is 1. The van der Waals surface area contributed by atoms with Crippen LogP contribution in [0.25, 0.3) is 11.4 Å². The Morgan fingerprint density at radius 2 is 1.76 bits per heavy atom. The molecule has 1 heterocycles. The third-order valence-electron chi connectivity index (χ3n) is 2.71. The molecule has 0 radical (unpaired) electrons. The molecule has 1 aliphatic rings. The molecule has 0 bridgehead atoms. The molecule has 0 amide bonds. The van der Waals surface area contributed by atoms with Crippen molar-refractivity contribution in [3.8, 4) is 11.4 Å². The molecule has 1 aromatic heterocycles. The summed E-state index contributed by atoms with van der Waals surface area (Å²) in [5, 5.41) is 6.59. The summed E-state index contributed by atoms with van der Waals surface area (Å²) in [7, 11) is 0. The molecule has 3 nitrogen and oxygen atoms in total. The van der Waals surface area contributed by atoms with E-state index in [1.165, 1.54) is 0 Å². The molecule has 2 aromatic rings. The first-order chi connectivity index (χ1) is 8.15. The van der Waals surface area contributed by atoms with Gasteiger partial charge >= 0.3 is 0 Å². The maximum absolute atomic E-state index is 13.0. The molecule has 0 unspecified atom stereocenters. The fourth-order valence-electron chi connectivity index (χ4n) is 1.63. The van der Waals surface area contributed by atoms with Crippen molar-refractivity contribution in [2.75, 3.05) is 0 Å². The lowest BCUT2D eigenvalue weighted by Crippen LogP contribution is -1.92. The molecule has 1 saturated carbocycles. The minimum atomic E-state index is -1.48. The van der Waals surface area contributed by atoms with Crippen molar-refractivity contribution in [2.45, 2.75) is 18.8 Å². The van der Waals surface area contributed by atoms with Crippen LogP contribution in [0.1, 0.15) is 24.6 Å². The largest absolute Gasteiger partial charge is 0.262 e. The lowest BCUT2D eigenvalue weighted by Gasteiger charge is -1.98. The number of nitrogens with one attached hydrogen (secondary N) is 1. The van der Waals surface area contributed by atoms with Gasteiger partial charge in [0, 0.05) is 11.5 Å². The molecule has 0 aliphatic heterocycles. The van der Waals surface area contributed by atoms with Crippen molar-refractivity contribution < 1.29 is 13.2 Å². The van der Waals surface area contributed by atoms with Crippen molar-refractivity contribution in [1.82, 2.24) is 15.2 Å². The van der Waals surface area contributed by atoms with E-state index in [1.807, 2.05) is 0 Å². The average molecular weight is 239 g/mol. The zero-order valence-electron chi connectivity index (χ0n) is 8.67. The van der Waals surface area contributed by atoms with E-state index in [0.717, 1.165) is 25.0 Å². The van der Waals surface area contributed by atoms with E-state index in [2.05, 4.69) is 15.2 Å². The smallest absolute Gasteiger partial charge is 0.194 e. The van der Waals surface area contributed by atoms with Crippen LogP contribution >= 0.6 is 0 Å². The Morgan fingerprint density at radius 3 is 2.35 bits per heavy atom. The summed E-state index contributed by atoms with van der Waals surface area (Å²) in [6, 6.07) is 1.77. The number of aromatic nitrogens is 3. The van der Waals surface area contributed by atoms with Crippen molar-refractivity contribution >= 4 is 0 Å². The molecule has 6 heteroatoms. The zero-order chi connectivity index (χ0) is 12.0. The minimum absolute atomic E-state index is 0.129. The summed E-state index contributed by atoms with van der Waals surface area (Å²) < 4.78 is 38.8. The Bertz CT molecular complexity index is 552. The summed E-state index contributed by atoms with van der Waals surface area (Å²) >= 11 is 0. The number of H-pyrrole nitrogens is 1. The van der Waals surface area contributed by atoms with Crippen molar-refractivity contribution in [3.63, 3.8) is 0 Å². The molecule has 1 aliphatic carbocycles. The van der Waals surface area contributed by atoms with Gasteiger partial charge in [-0.3, -0.25) is 5.10 Å². The summed E-state index contributed by atoms with van der Waals surface area (Å²) in [5.74, 6) is -2.69. The molecule has 0 spiro atoms. The third-order valence-corrected chi connectivity index (χ3v) is 2.71. The van der Waals surface area contributed by atoms with E-state index in [4.69, 9.17) is 0 Å². The maximum Gasteiger partial charge on any atom is 0.194 e. The predicted octanol–water partition coefficient (Wildman–Crippen LogP) is 2.77. The molecule has 1 aromatic carbocycles. The zero-order valence-corrected chi connectivity index (χ0v) is 8.67. The van der Waals surface area contributed by atoms with Crippen LogP contribution in [-0.4, -0.2) is 15.2 Å². The Labute approximate surface area is 94.7 Å². The van der Waals surface area contributed by atoms with Gasteiger partial charge < -0.3 is 0 Å². The Morgan fingerprint density at radius 1 is 1.12 bits per heavy atom. The van der Waals surface area contributed by atoms with Crippen molar-refractivity contribution in [2.24, 2.45) is 0 Å². The normalized spacial score (nSPS) is 15.2. The van der Waals surface area contributed by atoms with Crippen LogP contribution in [0.3, 0.4) is 0 Å². The number of nitrogens with zero attached hydrogens (tertiary/aromatic N) is 2. The highest BCUT2D eigenvalue weighted by Crippen LogP contribution is 2.38. The monoisotopic (exact) mass is 239 g/mol. The first-order valence-electron chi connectivity index (χ1n) is 5.22. The molecular formula is C11H8F3N3. The van der Waals surface area contributed by atoms with Gasteiger partial charge in [-0.25, -0.2) is 18.2 Å². The summed E-state index contributed by atoms with van der Waals surface area (Å²) in [6.07, 6.45) is 2.08. The van der Waals surface area contributed by atoms with Gasteiger partial charge in [0.15, 0.2) is 23.3 Å². The van der Waals surface area contributed by atoms with Gasteiger partial charge in [0.05, 0.1) is 0 Å². The van der Waals surface area contributed by atoms with Gasteiger partial charge in [-0.1, -0.05) is 0 Å². The maximum atomic E-state index is 13.0. The van der Waals surface area contributed by atoms with Gasteiger partial charge in [-0.05, 0) is 25.0 Å². The number of halogens is 3. The van der Waals surface area contributed by atoms with Gasteiger partial charge in [0.2, 0.25) is 0 Å². The third kappa shape index (κ3) is 1.79. The van der Waals surface area contributed by atoms with Crippen LogP contribution in [-0.2, 0) is 0 Å². The van der Waals surface area contributed by atoms with Crippen molar-refractivity contribution in [1.29, 1.82) is 0 Å². The molecule has 3 rings (SSSR count). The lowest BCUT2D eigenvalue weighted by molar-refractivity contribution is 0.447. The SMILES string of the molecule is Fc1cc(-c2n[nH]c(C3CC3)n2)cc(F)c1F. The van der Waals surface area contributed by atoms with E-state index in [9.17, 15) is 13.2 Å². The fourth-order valence-corrected chi connectivity index (χ4v) is 1.63. The molecule has 0 atom stereocenters. The second-order valence-corrected chi connectivity index (χ2v) is 4.07. The fraction of sp³-hybridized carbons (Fsp3) is 0.273. The van der Waals surface area contributed by atoms with E-state index in [1.54, 1.807) is 0 Å². The number of rotatable bonds is 2. The Kier molecular flexibility index (Phi) is 2.17. The first kappa shape index (κ1) is 10.3. The molecule has 1 N–H and O–H groups in total. The van der Waals surface area contributed by atoms with Crippen molar-refractivity contribution in [3.05, 3.63) is 35.4 Å². The van der Waals surface area contributed by atoms with Crippen LogP contribution in [0, 0.1) is 17.5 Å². The van der Waals surface area contributed by atoms with E-state index in [0.29, 0.717) is 11.7 Å². The average Bonchev–Trinajstić information content (AvgIpc) is 3.04. The predicted molar refractivity (Wildman–Crippen MR) is 53.7 cm³/mol. The molecule has 88 valence electrons. The van der Waals surface area contributed by atoms with Gasteiger partial charge in [0.25, 0.3) is 0 Å². The molecular weight excluding hydrogens is 231 g/mol. The number of aromatic amines is 1. The quantitative estimate of drug-likeness (QED) is 0.819. The second kappa shape index (κ2) is 3.58. The van der Waals surface area contributed by atoms with Gasteiger partial charge in [-0.2, -0.15) is 5.10 Å². The minimum Gasteiger partial charge on any atom is -0.262 e. The second-order valence-electron chi connectivity index (χ2n) is 4.07. The highest BCUT2D eigenvalue weighted by atomic mass is 19.2. The highest BCUT2D eigenvalue weighted by molar-refractivity contribution is 5.54. The molecule has 17 heavy (non-hydrogen) atoms. The molecule has 1 fully saturated rings. The van der Waals surface area contributed by atoms with E-state index >= 15 is 0 Å². The van der Waals surface area contributed by atoms with Crippen LogP contribution in [0.2, 0.25) is 0 Å². The van der Waals surface area contributed by atoms with Gasteiger partial charge in [-0.15, -0.1) is 0 Å². The summed E-state index contributed by atoms with van der Waals surface area (Å²) in [5.41, 5.74) is 0.129. The van der Waals surface area contributed by atoms with E-state index in [-0.39, 0.29) is 11.4 Å². The Hall–Kier alpha value is -1.85. The van der Waals surface area contributed by atoms with Crippen LogP contribution in [0.4, 0.5) is 13.2 Å². The van der Waals surface area contributed by atoms with E-state index < -0.39 is 17.5 Å². The van der Waals surface area contributed by atoms with Crippen LogP contribution in [0.5, 0.6) is 0 Å². The van der Waals surface area contributed by atoms with Gasteiger partial charge in [0.1, 0.15) is 5.82 Å². The number of hydrogen-bond acceptors (Lipinski definition) is 2. The highest BCUT2D eigenvalue weighted by Gasteiger charge is 2.27. The summed E-state index contributed by atoms with van der Waals surface area (Å²) in [6.45, 7) is 0. The lowest BCUT2D eigenvalue weighted by atomic mass is 10.2. The standard InChI is InChI=1S/C11H8F3N3/c12-7-3-6(4-8(13)9(7)14)11-15-10(16-17-11)5-1-2-5/h3-5H,1-2H2,(H,15,16,17). The Balaban J connectivity index is 2.01. The molecule has 0 saturated heterocycles. The van der Waals surface area contributed by atoms with Crippen LogP contribution in [0.15, 0.2) is 12.1 Å².